The fraction of sp³-hybridized carbons (Fsp3) is 0.412. The quantitative estimate of drug-likeness (QED) is 0.852. The number of para-hydroxylation sites is 1. The van der Waals surface area contributed by atoms with Gasteiger partial charge in [-0.1, -0.05) is 12.1 Å². The fourth-order valence-corrected chi connectivity index (χ4v) is 3.27. The van der Waals surface area contributed by atoms with Crippen LogP contribution in [0.2, 0.25) is 0 Å². The van der Waals surface area contributed by atoms with Gasteiger partial charge in [-0.05, 0) is 12.1 Å². The van der Waals surface area contributed by atoms with Gasteiger partial charge in [0.15, 0.2) is 0 Å². The molecule has 2 aromatic rings. The van der Waals surface area contributed by atoms with E-state index in [0.717, 1.165) is 5.39 Å². The van der Waals surface area contributed by atoms with Gasteiger partial charge in [-0.3, -0.25) is 4.79 Å². The normalized spacial score (nSPS) is 28.8. The van der Waals surface area contributed by atoms with E-state index < -0.39 is 6.10 Å². The van der Waals surface area contributed by atoms with Gasteiger partial charge in [-0.15, -0.1) is 0 Å². The number of hydrogen-bond acceptors (Lipinski definition) is 6. The number of amides is 1. The summed E-state index contributed by atoms with van der Waals surface area (Å²) in [6.07, 6.45) is -1.35. The summed E-state index contributed by atoms with van der Waals surface area (Å²) in [5.74, 6) is 0.275. The summed E-state index contributed by atoms with van der Waals surface area (Å²) in [7, 11) is 1.56. The van der Waals surface area contributed by atoms with E-state index in [9.17, 15) is 9.90 Å². The van der Waals surface area contributed by atoms with Crippen LogP contribution in [0.15, 0.2) is 30.3 Å². The molecule has 2 N–H and O–H groups in total. The van der Waals surface area contributed by atoms with Gasteiger partial charge in [-0.25, -0.2) is 4.98 Å². The number of aromatic nitrogens is 1. The minimum atomic E-state index is -0.643. The highest BCUT2D eigenvalue weighted by atomic mass is 16.6. The Labute approximate surface area is 138 Å². The molecule has 0 spiro atoms. The van der Waals surface area contributed by atoms with E-state index in [1.54, 1.807) is 13.2 Å². The molecule has 0 radical (unpaired) electrons. The molecule has 2 aliphatic heterocycles. The summed E-state index contributed by atoms with van der Waals surface area (Å²) in [4.78, 5) is 17.0. The molecule has 0 unspecified atom stereocenters. The summed E-state index contributed by atoms with van der Waals surface area (Å²) in [5.41, 5.74) is 0.961. The van der Waals surface area contributed by atoms with Crippen LogP contribution in [0.25, 0.3) is 10.9 Å². The monoisotopic (exact) mass is 330 g/mol. The van der Waals surface area contributed by atoms with E-state index in [2.05, 4.69) is 10.3 Å². The first-order valence-electron chi connectivity index (χ1n) is 7.83. The van der Waals surface area contributed by atoms with Crippen molar-refractivity contribution in [2.24, 2.45) is 0 Å². The Morgan fingerprint density at radius 3 is 2.92 bits per heavy atom. The summed E-state index contributed by atoms with van der Waals surface area (Å²) in [5, 5.41) is 13.5. The maximum atomic E-state index is 12.6. The zero-order valence-electron chi connectivity index (χ0n) is 13.1. The second-order valence-electron chi connectivity index (χ2n) is 5.97. The molecule has 4 rings (SSSR count). The highest BCUT2D eigenvalue weighted by Crippen LogP contribution is 2.28. The van der Waals surface area contributed by atoms with Crippen molar-refractivity contribution in [2.75, 3.05) is 20.3 Å². The van der Waals surface area contributed by atoms with Crippen LogP contribution < -0.4 is 10.1 Å². The number of rotatable bonds is 3. The average molecular weight is 330 g/mol. The smallest absolute Gasteiger partial charge is 0.270 e. The van der Waals surface area contributed by atoms with Gasteiger partial charge in [0.2, 0.25) is 0 Å². The number of hydrogen-bond donors (Lipinski definition) is 2. The molecular formula is C17H18N2O5. The Kier molecular flexibility index (Phi) is 3.84. The lowest BCUT2D eigenvalue weighted by Crippen LogP contribution is -2.44. The van der Waals surface area contributed by atoms with Crippen LogP contribution in [0.5, 0.6) is 5.75 Å². The predicted octanol–water partition coefficient (Wildman–Crippen LogP) is 0.500. The van der Waals surface area contributed by atoms with E-state index >= 15 is 0 Å². The Balaban J connectivity index is 1.58. The van der Waals surface area contributed by atoms with Crippen molar-refractivity contribution >= 4 is 16.8 Å². The number of aliphatic hydroxyl groups excluding tert-OH is 1. The molecule has 3 heterocycles. The zero-order valence-corrected chi connectivity index (χ0v) is 13.1. The van der Waals surface area contributed by atoms with Crippen LogP contribution in [0.4, 0.5) is 0 Å². The third-order valence-corrected chi connectivity index (χ3v) is 4.47. The Morgan fingerprint density at radius 1 is 1.29 bits per heavy atom. The number of carbonyl (C=O) groups excluding carboxylic acids is 1. The second-order valence-corrected chi connectivity index (χ2v) is 5.97. The van der Waals surface area contributed by atoms with Crippen molar-refractivity contribution in [1.29, 1.82) is 0 Å². The van der Waals surface area contributed by atoms with Crippen LogP contribution in [-0.2, 0) is 9.47 Å². The lowest BCUT2D eigenvalue weighted by Gasteiger charge is -2.17. The average Bonchev–Trinajstić information content (AvgIpc) is 3.17. The first-order valence-corrected chi connectivity index (χ1v) is 7.83. The molecule has 2 fully saturated rings. The van der Waals surface area contributed by atoms with Crippen LogP contribution in [0, 0.1) is 0 Å². The van der Waals surface area contributed by atoms with Gasteiger partial charge in [0, 0.05) is 11.5 Å². The van der Waals surface area contributed by atoms with Crippen LogP contribution in [0.1, 0.15) is 10.5 Å². The molecule has 7 nitrogen and oxygen atoms in total. The van der Waals surface area contributed by atoms with Gasteiger partial charge in [0.1, 0.15) is 29.8 Å². The van der Waals surface area contributed by atoms with Crippen molar-refractivity contribution in [3.8, 4) is 5.75 Å². The maximum absolute atomic E-state index is 12.6. The Hall–Kier alpha value is -2.22. The number of aliphatic hydroxyl groups is 1. The third-order valence-electron chi connectivity index (χ3n) is 4.47. The van der Waals surface area contributed by atoms with Crippen molar-refractivity contribution in [1.82, 2.24) is 10.3 Å². The minimum Gasteiger partial charge on any atom is -0.496 e. The highest BCUT2D eigenvalue weighted by molar-refractivity contribution is 5.97. The van der Waals surface area contributed by atoms with Crippen molar-refractivity contribution in [3.63, 3.8) is 0 Å². The molecule has 4 atom stereocenters. The molecule has 1 aromatic carbocycles. The van der Waals surface area contributed by atoms with Crippen LogP contribution in [0.3, 0.4) is 0 Å². The Morgan fingerprint density at radius 2 is 2.08 bits per heavy atom. The molecule has 7 heteroatoms. The minimum absolute atomic E-state index is 0.226. The van der Waals surface area contributed by atoms with Gasteiger partial charge >= 0.3 is 0 Å². The largest absolute Gasteiger partial charge is 0.496 e. The third kappa shape index (κ3) is 2.50. The number of methoxy groups -OCH3 is 1. The summed E-state index contributed by atoms with van der Waals surface area (Å²) >= 11 is 0. The highest BCUT2D eigenvalue weighted by Gasteiger charge is 2.47. The molecule has 2 saturated heterocycles. The number of carbonyl (C=O) groups is 1. The number of fused-ring (bicyclic) bond motifs is 2. The zero-order chi connectivity index (χ0) is 16.7. The number of pyridine rings is 1. The number of ether oxygens (including phenoxy) is 3. The van der Waals surface area contributed by atoms with Gasteiger partial charge in [0.25, 0.3) is 5.91 Å². The summed E-state index contributed by atoms with van der Waals surface area (Å²) in [6.45, 7) is 0.534. The fourth-order valence-electron chi connectivity index (χ4n) is 3.27. The molecule has 1 aromatic heterocycles. The van der Waals surface area contributed by atoms with Gasteiger partial charge < -0.3 is 24.6 Å². The van der Waals surface area contributed by atoms with E-state index in [0.29, 0.717) is 17.9 Å². The standard InChI is InChI=1S/C17H18N2O5/c1-22-14-6-11(18-10-5-3-2-4-9(10)14)17(21)19-12-7-23-16-13(20)8-24-15(12)16/h2-6,12-13,15-16,20H,7-8H2,1H3,(H,19,21)/t12-,13-,15+,16+/m0/s1. The molecule has 0 saturated carbocycles. The van der Waals surface area contributed by atoms with Crippen LogP contribution in [-0.4, -0.2) is 60.7 Å². The van der Waals surface area contributed by atoms with E-state index in [4.69, 9.17) is 14.2 Å². The van der Waals surface area contributed by atoms with Crippen molar-refractivity contribution < 1.29 is 24.1 Å². The number of benzene rings is 1. The lowest BCUT2D eigenvalue weighted by atomic mass is 10.1. The lowest BCUT2D eigenvalue weighted by molar-refractivity contribution is 0.0178. The predicted molar refractivity (Wildman–Crippen MR) is 85.0 cm³/mol. The number of nitrogens with zero attached hydrogens (tertiary/aromatic N) is 1. The van der Waals surface area contributed by atoms with E-state index in [1.165, 1.54) is 0 Å². The number of nitrogens with one attached hydrogen (secondary N) is 1. The second kappa shape index (κ2) is 6.01. The van der Waals surface area contributed by atoms with E-state index in [1.807, 2.05) is 24.3 Å². The molecule has 1 amide bonds. The van der Waals surface area contributed by atoms with Crippen LogP contribution >= 0.6 is 0 Å². The Bertz CT molecular complexity index is 781. The molecule has 2 aliphatic rings. The first-order chi connectivity index (χ1) is 11.7. The molecule has 24 heavy (non-hydrogen) atoms. The topological polar surface area (TPSA) is 89.9 Å². The molecule has 126 valence electrons. The van der Waals surface area contributed by atoms with Gasteiger partial charge in [-0.2, -0.15) is 0 Å². The summed E-state index contributed by atoms with van der Waals surface area (Å²) in [6, 6.07) is 8.80. The van der Waals surface area contributed by atoms with Gasteiger partial charge in [0.05, 0.1) is 31.9 Å². The van der Waals surface area contributed by atoms with Crippen molar-refractivity contribution in [2.45, 2.75) is 24.4 Å². The maximum Gasteiger partial charge on any atom is 0.270 e. The first kappa shape index (κ1) is 15.3. The molecular weight excluding hydrogens is 312 g/mol. The molecule has 0 aliphatic carbocycles. The molecule has 0 bridgehead atoms. The van der Waals surface area contributed by atoms with E-state index in [-0.39, 0.29) is 36.5 Å². The van der Waals surface area contributed by atoms with Crippen molar-refractivity contribution in [3.05, 3.63) is 36.0 Å². The SMILES string of the molecule is COc1cc(C(=O)N[C@H]2CO[C@H]3[C@@H]2OC[C@@H]3O)nc2ccccc12. The summed E-state index contributed by atoms with van der Waals surface area (Å²) < 4.78 is 16.4.